The van der Waals surface area contributed by atoms with E-state index in [1.54, 1.807) is 0 Å². The molecule has 0 saturated carbocycles. The lowest BCUT2D eigenvalue weighted by Crippen LogP contribution is -2.27. The zero-order valence-electron chi connectivity index (χ0n) is 13.4. The summed E-state index contributed by atoms with van der Waals surface area (Å²) in [4.78, 5) is 0. The molecule has 2 aromatic carbocycles. The average molecular weight is 285 g/mol. The van der Waals surface area contributed by atoms with Gasteiger partial charge in [-0.15, -0.1) is 0 Å². The number of hydrogen-bond donors (Lipinski definition) is 1. The molecule has 1 atom stereocenters. The van der Waals surface area contributed by atoms with Crippen molar-refractivity contribution >= 4 is 10.8 Å². The Morgan fingerprint density at radius 1 is 1.00 bits per heavy atom. The highest BCUT2D eigenvalue weighted by Gasteiger charge is 2.11. The third-order valence-corrected chi connectivity index (χ3v) is 3.55. The van der Waals surface area contributed by atoms with Gasteiger partial charge in [0.2, 0.25) is 0 Å². The quantitative estimate of drug-likeness (QED) is 0.768. The molecule has 0 bridgehead atoms. The van der Waals surface area contributed by atoms with Crippen LogP contribution in [0.15, 0.2) is 42.5 Å². The van der Waals surface area contributed by atoms with Crippen LogP contribution in [-0.4, -0.2) is 19.8 Å². The molecule has 2 rings (SSSR count). The van der Waals surface area contributed by atoms with Crippen LogP contribution < -0.4 is 5.32 Å². The number of ether oxygens (including phenoxy) is 1. The molecule has 2 aromatic rings. The van der Waals surface area contributed by atoms with E-state index in [1.165, 1.54) is 16.3 Å². The van der Waals surface area contributed by atoms with Crippen LogP contribution in [-0.2, 0) is 4.74 Å². The van der Waals surface area contributed by atoms with E-state index in [9.17, 15) is 0 Å². The van der Waals surface area contributed by atoms with E-state index in [0.717, 1.165) is 26.2 Å². The number of hydrogen-bond acceptors (Lipinski definition) is 2. The Labute approximate surface area is 128 Å². The van der Waals surface area contributed by atoms with Crippen molar-refractivity contribution in [1.29, 1.82) is 0 Å². The van der Waals surface area contributed by atoms with Crippen molar-refractivity contribution in [2.75, 3.05) is 19.8 Å². The van der Waals surface area contributed by atoms with Crippen LogP contribution >= 0.6 is 0 Å². The van der Waals surface area contributed by atoms with E-state index in [2.05, 4.69) is 68.6 Å². The van der Waals surface area contributed by atoms with E-state index in [0.29, 0.717) is 5.92 Å². The second-order valence-corrected chi connectivity index (χ2v) is 6.04. The normalized spacial score (nSPS) is 13.0. The molecule has 1 N–H and O–H groups in total. The van der Waals surface area contributed by atoms with Gasteiger partial charge in [0.05, 0.1) is 12.6 Å². The molecule has 0 amide bonds. The lowest BCUT2D eigenvalue weighted by atomic mass is 10.0. The predicted molar refractivity (Wildman–Crippen MR) is 90.6 cm³/mol. The smallest absolute Gasteiger partial charge is 0.0661 e. The van der Waals surface area contributed by atoms with Crippen LogP contribution in [0.5, 0.6) is 0 Å². The second-order valence-electron chi connectivity index (χ2n) is 6.04. The topological polar surface area (TPSA) is 21.3 Å². The van der Waals surface area contributed by atoms with Crippen molar-refractivity contribution in [2.45, 2.75) is 33.2 Å². The van der Waals surface area contributed by atoms with Crippen molar-refractivity contribution in [3.8, 4) is 0 Å². The van der Waals surface area contributed by atoms with Crippen molar-refractivity contribution in [1.82, 2.24) is 5.32 Å². The Morgan fingerprint density at radius 2 is 1.76 bits per heavy atom. The van der Waals surface area contributed by atoms with Gasteiger partial charge in [-0.3, -0.25) is 0 Å². The summed E-state index contributed by atoms with van der Waals surface area (Å²) >= 11 is 0. The van der Waals surface area contributed by atoms with Gasteiger partial charge in [0.15, 0.2) is 0 Å². The van der Waals surface area contributed by atoms with Gasteiger partial charge in [-0.05, 0) is 41.3 Å². The molecule has 0 aliphatic carbocycles. The van der Waals surface area contributed by atoms with Crippen molar-refractivity contribution in [3.05, 3.63) is 48.0 Å². The minimum Gasteiger partial charge on any atom is -0.379 e. The standard InChI is InChI=1S/C19H27NO/c1-4-11-20-19(14-21-13-15(2)3)18-10-9-16-7-5-6-8-17(16)12-18/h5-10,12,15,19-20H,4,11,13-14H2,1-3H3. The summed E-state index contributed by atoms with van der Waals surface area (Å²) in [7, 11) is 0. The highest BCUT2D eigenvalue weighted by Crippen LogP contribution is 2.21. The molecular weight excluding hydrogens is 258 g/mol. The molecule has 114 valence electrons. The third-order valence-electron chi connectivity index (χ3n) is 3.55. The van der Waals surface area contributed by atoms with E-state index < -0.39 is 0 Å². The fourth-order valence-electron chi connectivity index (χ4n) is 2.44. The summed E-state index contributed by atoms with van der Waals surface area (Å²) in [5.41, 5.74) is 1.31. The average Bonchev–Trinajstić information content (AvgIpc) is 2.50. The number of benzene rings is 2. The molecule has 0 aliphatic rings. The van der Waals surface area contributed by atoms with Crippen LogP contribution in [0.3, 0.4) is 0 Å². The first-order valence-corrected chi connectivity index (χ1v) is 8.00. The Balaban J connectivity index is 2.12. The molecule has 0 saturated heterocycles. The molecular formula is C19H27NO. The van der Waals surface area contributed by atoms with E-state index in [1.807, 2.05) is 0 Å². The molecule has 0 spiro atoms. The van der Waals surface area contributed by atoms with E-state index >= 15 is 0 Å². The Bertz CT molecular complexity index is 550. The van der Waals surface area contributed by atoms with Gasteiger partial charge < -0.3 is 10.1 Å². The molecule has 1 unspecified atom stereocenters. The van der Waals surface area contributed by atoms with Gasteiger partial charge in [0.1, 0.15) is 0 Å². The Hall–Kier alpha value is -1.38. The van der Waals surface area contributed by atoms with Gasteiger partial charge in [0.25, 0.3) is 0 Å². The van der Waals surface area contributed by atoms with Crippen LogP contribution in [0.2, 0.25) is 0 Å². The number of fused-ring (bicyclic) bond motifs is 1. The highest BCUT2D eigenvalue weighted by molar-refractivity contribution is 5.83. The first-order chi connectivity index (χ1) is 10.2. The van der Waals surface area contributed by atoms with Crippen LogP contribution in [0.4, 0.5) is 0 Å². The van der Waals surface area contributed by atoms with Gasteiger partial charge in [-0.2, -0.15) is 0 Å². The first-order valence-electron chi connectivity index (χ1n) is 8.00. The monoisotopic (exact) mass is 285 g/mol. The van der Waals surface area contributed by atoms with Crippen LogP contribution in [0.1, 0.15) is 38.8 Å². The van der Waals surface area contributed by atoms with Crippen LogP contribution in [0.25, 0.3) is 10.8 Å². The SMILES string of the molecule is CCCNC(COCC(C)C)c1ccc2ccccc2c1. The summed E-state index contributed by atoms with van der Waals surface area (Å²) in [5, 5.41) is 6.18. The summed E-state index contributed by atoms with van der Waals surface area (Å²) in [6.07, 6.45) is 1.13. The minimum atomic E-state index is 0.272. The molecule has 0 heterocycles. The van der Waals surface area contributed by atoms with Crippen molar-refractivity contribution < 1.29 is 4.74 Å². The van der Waals surface area contributed by atoms with Crippen molar-refractivity contribution in [2.24, 2.45) is 5.92 Å². The maximum atomic E-state index is 5.86. The number of rotatable bonds is 8. The summed E-state index contributed by atoms with van der Waals surface area (Å²) in [6, 6.07) is 15.5. The fraction of sp³-hybridized carbons (Fsp3) is 0.474. The first kappa shape index (κ1) is 16.0. The van der Waals surface area contributed by atoms with Gasteiger partial charge in [-0.25, -0.2) is 0 Å². The minimum absolute atomic E-state index is 0.272. The molecule has 0 radical (unpaired) electrons. The van der Waals surface area contributed by atoms with E-state index in [-0.39, 0.29) is 6.04 Å². The molecule has 2 heteroatoms. The summed E-state index contributed by atoms with van der Waals surface area (Å²) < 4.78 is 5.86. The van der Waals surface area contributed by atoms with E-state index in [4.69, 9.17) is 4.74 Å². The van der Waals surface area contributed by atoms with Crippen molar-refractivity contribution in [3.63, 3.8) is 0 Å². The Kier molecular flexibility index (Phi) is 6.21. The lowest BCUT2D eigenvalue weighted by molar-refractivity contribution is 0.0902. The maximum absolute atomic E-state index is 5.86. The summed E-state index contributed by atoms with van der Waals surface area (Å²) in [6.45, 7) is 9.13. The zero-order valence-corrected chi connectivity index (χ0v) is 13.4. The van der Waals surface area contributed by atoms with Gasteiger partial charge in [-0.1, -0.05) is 57.2 Å². The molecule has 0 fully saturated rings. The molecule has 0 aliphatic heterocycles. The van der Waals surface area contributed by atoms with Gasteiger partial charge >= 0.3 is 0 Å². The highest BCUT2D eigenvalue weighted by atomic mass is 16.5. The molecule has 2 nitrogen and oxygen atoms in total. The zero-order chi connectivity index (χ0) is 15.1. The molecule has 21 heavy (non-hydrogen) atoms. The second kappa shape index (κ2) is 8.16. The summed E-state index contributed by atoms with van der Waals surface area (Å²) in [5.74, 6) is 0.577. The predicted octanol–water partition coefficient (Wildman–Crippen LogP) is 4.55. The van der Waals surface area contributed by atoms with Crippen LogP contribution in [0, 0.1) is 5.92 Å². The lowest BCUT2D eigenvalue weighted by Gasteiger charge is -2.20. The molecule has 0 aromatic heterocycles. The number of nitrogens with one attached hydrogen (secondary N) is 1. The fourth-order valence-corrected chi connectivity index (χ4v) is 2.44. The Morgan fingerprint density at radius 3 is 2.48 bits per heavy atom. The maximum Gasteiger partial charge on any atom is 0.0661 e. The largest absolute Gasteiger partial charge is 0.379 e. The van der Waals surface area contributed by atoms with Gasteiger partial charge in [0, 0.05) is 6.61 Å². The third kappa shape index (κ3) is 4.83.